The molecule has 4 aromatic carbocycles. The number of amides is 3. The first-order valence-electron chi connectivity index (χ1n) is 14.1. The molecule has 246 valence electrons. The molecule has 1 unspecified atom stereocenters. The molecule has 13 nitrogen and oxygen atoms in total. The van der Waals surface area contributed by atoms with E-state index in [1.54, 1.807) is 48.5 Å². The van der Waals surface area contributed by atoms with Crippen LogP contribution in [0.15, 0.2) is 72.8 Å². The molecule has 5 N–H and O–H groups in total. The fourth-order valence-corrected chi connectivity index (χ4v) is 4.99. The number of benzene rings is 4. The highest BCUT2D eigenvalue weighted by atomic mass is 16.5. The van der Waals surface area contributed by atoms with Crippen LogP contribution < -0.4 is 50.1 Å². The lowest BCUT2D eigenvalue weighted by Gasteiger charge is -2.29. The lowest BCUT2D eigenvalue weighted by atomic mass is 9.95. The van der Waals surface area contributed by atoms with E-state index >= 15 is 0 Å². The van der Waals surface area contributed by atoms with Gasteiger partial charge in [0.05, 0.1) is 65.4 Å². The van der Waals surface area contributed by atoms with Gasteiger partial charge in [-0.1, -0.05) is 24.3 Å². The molecular weight excluding hydrogens is 608 g/mol. The van der Waals surface area contributed by atoms with Gasteiger partial charge in [-0.25, -0.2) is 0 Å². The molecule has 13 heteroatoms. The number of hydrogen-bond donors (Lipinski definition) is 3. The standard InChI is InChI=1S/C34H36N4O9/c1-42-25-15-21(16-26(43-2)30(25)46-5)38(22-17-27(44-3)31(47-6)28(18-22)45-4)34(41)29(32(36)39)19-11-13-20(14-12-19)33(40)37-24-10-8-7-9-23(24)35/h7-18,29H,35H2,1-6H3,(H2,36,39)(H,37,40). The highest BCUT2D eigenvalue weighted by Gasteiger charge is 2.35. The molecule has 1 atom stereocenters. The summed E-state index contributed by atoms with van der Waals surface area (Å²) >= 11 is 0. The number of anilines is 4. The van der Waals surface area contributed by atoms with Gasteiger partial charge in [0.1, 0.15) is 5.92 Å². The zero-order valence-electron chi connectivity index (χ0n) is 26.8. The topological polar surface area (TPSA) is 174 Å². The molecular formula is C34H36N4O9. The predicted octanol–water partition coefficient (Wildman–Crippen LogP) is 4.51. The summed E-state index contributed by atoms with van der Waals surface area (Å²) < 4.78 is 33.1. The summed E-state index contributed by atoms with van der Waals surface area (Å²) in [6, 6.07) is 18.9. The van der Waals surface area contributed by atoms with E-state index in [2.05, 4.69) is 5.32 Å². The van der Waals surface area contributed by atoms with Gasteiger partial charge in [-0.05, 0) is 29.8 Å². The van der Waals surface area contributed by atoms with Crippen molar-refractivity contribution in [2.75, 3.05) is 58.6 Å². The predicted molar refractivity (Wildman–Crippen MR) is 177 cm³/mol. The molecule has 0 aliphatic rings. The fraction of sp³-hybridized carbons (Fsp3) is 0.206. The minimum atomic E-state index is -1.50. The quantitative estimate of drug-likeness (QED) is 0.139. The zero-order chi connectivity index (χ0) is 34.2. The Morgan fingerprint density at radius 2 is 1.11 bits per heavy atom. The molecule has 0 bridgehead atoms. The van der Waals surface area contributed by atoms with Crippen LogP contribution in [0.25, 0.3) is 0 Å². The minimum absolute atomic E-state index is 0.237. The number of para-hydroxylation sites is 2. The first kappa shape index (κ1) is 33.8. The number of hydrogen-bond acceptors (Lipinski definition) is 10. The smallest absolute Gasteiger partial charge is 0.255 e. The lowest BCUT2D eigenvalue weighted by Crippen LogP contribution is -2.38. The number of ether oxygens (including phenoxy) is 6. The number of nitrogens with one attached hydrogen (secondary N) is 1. The van der Waals surface area contributed by atoms with Gasteiger partial charge in [-0.15, -0.1) is 0 Å². The maximum atomic E-state index is 14.6. The van der Waals surface area contributed by atoms with Crippen LogP contribution in [-0.2, 0) is 9.59 Å². The average molecular weight is 645 g/mol. The van der Waals surface area contributed by atoms with Gasteiger partial charge in [0.2, 0.25) is 23.3 Å². The molecule has 0 fully saturated rings. The number of nitrogens with zero attached hydrogens (tertiary/aromatic N) is 1. The van der Waals surface area contributed by atoms with Crippen molar-refractivity contribution in [3.8, 4) is 34.5 Å². The summed E-state index contributed by atoms with van der Waals surface area (Å²) in [6.07, 6.45) is 0. The van der Waals surface area contributed by atoms with Crippen LogP contribution in [-0.4, -0.2) is 60.4 Å². The van der Waals surface area contributed by atoms with Gasteiger partial charge in [0.25, 0.3) is 5.91 Å². The second kappa shape index (κ2) is 14.8. The zero-order valence-corrected chi connectivity index (χ0v) is 26.8. The van der Waals surface area contributed by atoms with Gasteiger partial charge >= 0.3 is 0 Å². The van der Waals surface area contributed by atoms with E-state index in [1.807, 2.05) is 0 Å². The number of carbonyl (C=O) groups is 3. The van der Waals surface area contributed by atoms with E-state index in [-0.39, 0.29) is 57.0 Å². The van der Waals surface area contributed by atoms with Gasteiger partial charge in [-0.3, -0.25) is 19.3 Å². The van der Waals surface area contributed by atoms with Crippen molar-refractivity contribution in [3.05, 3.63) is 83.9 Å². The van der Waals surface area contributed by atoms with Gasteiger partial charge in [-0.2, -0.15) is 0 Å². The minimum Gasteiger partial charge on any atom is -0.493 e. The van der Waals surface area contributed by atoms with E-state index in [0.29, 0.717) is 11.4 Å². The van der Waals surface area contributed by atoms with E-state index in [0.717, 1.165) is 0 Å². The molecule has 0 radical (unpaired) electrons. The molecule has 0 saturated heterocycles. The van der Waals surface area contributed by atoms with E-state index in [9.17, 15) is 14.4 Å². The Hall–Kier alpha value is -6.11. The van der Waals surface area contributed by atoms with E-state index in [4.69, 9.17) is 39.9 Å². The van der Waals surface area contributed by atoms with Crippen molar-refractivity contribution < 1.29 is 42.8 Å². The van der Waals surface area contributed by atoms with E-state index < -0.39 is 23.6 Å². The number of primary amides is 1. The highest BCUT2D eigenvalue weighted by Crippen LogP contribution is 2.47. The third-order valence-electron chi connectivity index (χ3n) is 7.28. The fourth-order valence-electron chi connectivity index (χ4n) is 4.99. The second-order valence-corrected chi connectivity index (χ2v) is 9.94. The monoisotopic (exact) mass is 644 g/mol. The first-order chi connectivity index (χ1) is 22.6. The summed E-state index contributed by atoms with van der Waals surface area (Å²) in [5, 5.41) is 2.75. The third-order valence-corrected chi connectivity index (χ3v) is 7.28. The molecule has 4 aromatic rings. The Kier molecular flexibility index (Phi) is 10.6. The Labute approximate surface area is 271 Å². The van der Waals surface area contributed by atoms with Gasteiger partial charge < -0.3 is 45.2 Å². The van der Waals surface area contributed by atoms with Crippen molar-refractivity contribution >= 4 is 40.5 Å². The number of nitrogens with two attached hydrogens (primary N) is 2. The van der Waals surface area contributed by atoms with Crippen LogP contribution in [0.5, 0.6) is 34.5 Å². The van der Waals surface area contributed by atoms with Gasteiger partial charge in [0.15, 0.2) is 23.0 Å². The average Bonchev–Trinajstić information content (AvgIpc) is 3.08. The third kappa shape index (κ3) is 6.93. The lowest BCUT2D eigenvalue weighted by molar-refractivity contribution is -0.128. The molecule has 0 heterocycles. The molecule has 0 saturated carbocycles. The SMILES string of the molecule is COc1cc(N(C(=O)C(C(N)=O)c2ccc(C(=O)Nc3ccccc3N)cc2)c2cc(OC)c(OC)c(OC)c2)cc(OC)c1OC. The van der Waals surface area contributed by atoms with Crippen molar-refractivity contribution in [3.63, 3.8) is 0 Å². The van der Waals surface area contributed by atoms with Crippen molar-refractivity contribution in [2.45, 2.75) is 5.92 Å². The molecule has 47 heavy (non-hydrogen) atoms. The number of nitrogen functional groups attached to an aromatic ring is 1. The normalized spacial score (nSPS) is 11.1. The molecule has 0 aliphatic carbocycles. The number of carbonyl (C=O) groups excluding carboxylic acids is 3. The Morgan fingerprint density at radius 1 is 0.660 bits per heavy atom. The Morgan fingerprint density at radius 3 is 1.49 bits per heavy atom. The summed E-state index contributed by atoms with van der Waals surface area (Å²) in [5.41, 5.74) is 13.6. The number of methoxy groups -OCH3 is 6. The van der Waals surface area contributed by atoms with Crippen molar-refractivity contribution in [2.24, 2.45) is 5.73 Å². The summed E-state index contributed by atoms with van der Waals surface area (Å²) in [4.78, 5) is 41.8. The molecule has 0 aliphatic heterocycles. The first-order valence-corrected chi connectivity index (χ1v) is 14.1. The summed E-state index contributed by atoms with van der Waals surface area (Å²) in [6.45, 7) is 0. The van der Waals surface area contributed by atoms with Crippen molar-refractivity contribution in [1.82, 2.24) is 0 Å². The van der Waals surface area contributed by atoms with Crippen LogP contribution in [0.3, 0.4) is 0 Å². The largest absolute Gasteiger partial charge is 0.493 e. The Bertz CT molecular complexity index is 1660. The second-order valence-electron chi connectivity index (χ2n) is 9.94. The van der Waals surface area contributed by atoms with Crippen LogP contribution in [0.4, 0.5) is 22.7 Å². The molecule has 0 aromatic heterocycles. The van der Waals surface area contributed by atoms with Crippen LogP contribution in [0.1, 0.15) is 21.8 Å². The maximum Gasteiger partial charge on any atom is 0.255 e. The molecule has 3 amide bonds. The van der Waals surface area contributed by atoms with Crippen LogP contribution in [0, 0.1) is 0 Å². The number of rotatable bonds is 13. The summed E-state index contributed by atoms with van der Waals surface area (Å²) in [5.74, 6) is -2.06. The molecule has 0 spiro atoms. The van der Waals surface area contributed by atoms with Gasteiger partial charge in [0, 0.05) is 29.8 Å². The molecule has 4 rings (SSSR count). The maximum absolute atomic E-state index is 14.6. The van der Waals surface area contributed by atoms with E-state index in [1.165, 1.54) is 71.8 Å². The van der Waals surface area contributed by atoms with Crippen LogP contribution >= 0.6 is 0 Å². The van der Waals surface area contributed by atoms with Crippen molar-refractivity contribution in [1.29, 1.82) is 0 Å². The highest BCUT2D eigenvalue weighted by molar-refractivity contribution is 6.15. The van der Waals surface area contributed by atoms with Crippen LogP contribution in [0.2, 0.25) is 0 Å². The Balaban J connectivity index is 1.85. The summed E-state index contributed by atoms with van der Waals surface area (Å²) in [7, 11) is 8.63.